The van der Waals surface area contributed by atoms with E-state index in [4.69, 9.17) is 9.47 Å². The monoisotopic (exact) mass is 452 g/mol. The van der Waals surface area contributed by atoms with Gasteiger partial charge < -0.3 is 9.47 Å². The van der Waals surface area contributed by atoms with Gasteiger partial charge in [-0.3, -0.25) is 4.79 Å². The summed E-state index contributed by atoms with van der Waals surface area (Å²) in [7, 11) is 0. The molecule has 0 heterocycles. The molecule has 0 fully saturated rings. The minimum atomic E-state index is -0.337. The Morgan fingerprint density at radius 2 is 1.79 bits per heavy atom. The average Bonchev–Trinajstić information content (AvgIpc) is 2.73. The Kier molecular flexibility index (Phi) is 7.41. The molecule has 29 heavy (non-hydrogen) atoms. The first-order valence-electron chi connectivity index (χ1n) is 9.08. The minimum absolute atomic E-state index is 0.120. The average molecular weight is 453 g/mol. The van der Waals surface area contributed by atoms with E-state index in [1.165, 1.54) is 0 Å². The maximum absolute atomic E-state index is 11.9. The number of rotatable bonds is 8. The lowest BCUT2D eigenvalue weighted by Gasteiger charge is -2.07. The van der Waals surface area contributed by atoms with Crippen LogP contribution in [0, 0.1) is 6.92 Å². The summed E-state index contributed by atoms with van der Waals surface area (Å²) >= 11 is 3.41. The number of hydrogen-bond donors (Lipinski definition) is 1. The normalized spacial score (nSPS) is 10.7. The molecule has 0 aliphatic carbocycles. The third-order valence-electron chi connectivity index (χ3n) is 3.98. The van der Waals surface area contributed by atoms with Gasteiger partial charge in [-0.2, -0.15) is 5.10 Å². The Bertz CT molecular complexity index is 973. The van der Waals surface area contributed by atoms with Gasteiger partial charge in [0.2, 0.25) is 0 Å². The number of nitrogens with one attached hydrogen (secondary N) is 1. The van der Waals surface area contributed by atoms with E-state index in [2.05, 4.69) is 26.5 Å². The molecule has 0 spiro atoms. The first-order chi connectivity index (χ1) is 14.1. The molecule has 0 aliphatic heterocycles. The lowest BCUT2D eigenvalue weighted by molar-refractivity contribution is -0.123. The van der Waals surface area contributed by atoms with Gasteiger partial charge in [0.1, 0.15) is 18.1 Å². The molecule has 3 aromatic carbocycles. The molecular formula is C23H21BrN2O3. The second-order valence-electron chi connectivity index (χ2n) is 6.36. The van der Waals surface area contributed by atoms with Crippen LogP contribution in [0.4, 0.5) is 0 Å². The number of carbonyl (C=O) groups excluding carboxylic acids is 1. The topological polar surface area (TPSA) is 59.9 Å². The van der Waals surface area contributed by atoms with Crippen LogP contribution in [0.25, 0.3) is 0 Å². The Morgan fingerprint density at radius 3 is 2.52 bits per heavy atom. The number of carbonyl (C=O) groups is 1. The van der Waals surface area contributed by atoms with Gasteiger partial charge in [0.25, 0.3) is 5.91 Å². The van der Waals surface area contributed by atoms with Crippen molar-refractivity contribution in [3.63, 3.8) is 0 Å². The highest BCUT2D eigenvalue weighted by Gasteiger charge is 2.05. The third-order valence-corrected chi connectivity index (χ3v) is 4.60. The highest BCUT2D eigenvalue weighted by Crippen LogP contribution is 2.25. The molecule has 148 valence electrons. The lowest BCUT2D eigenvalue weighted by Crippen LogP contribution is -2.24. The van der Waals surface area contributed by atoms with Gasteiger partial charge in [-0.1, -0.05) is 36.4 Å². The van der Waals surface area contributed by atoms with Crippen molar-refractivity contribution in [1.82, 2.24) is 5.43 Å². The maximum atomic E-state index is 11.9. The molecule has 5 nitrogen and oxygen atoms in total. The van der Waals surface area contributed by atoms with E-state index in [9.17, 15) is 4.79 Å². The van der Waals surface area contributed by atoms with Gasteiger partial charge in [0.05, 0.1) is 10.7 Å². The van der Waals surface area contributed by atoms with E-state index in [0.29, 0.717) is 12.4 Å². The van der Waals surface area contributed by atoms with Crippen molar-refractivity contribution in [3.8, 4) is 11.5 Å². The second-order valence-corrected chi connectivity index (χ2v) is 7.21. The van der Waals surface area contributed by atoms with Crippen LogP contribution in [0.2, 0.25) is 0 Å². The van der Waals surface area contributed by atoms with E-state index >= 15 is 0 Å². The number of hydrogen-bond acceptors (Lipinski definition) is 4. The molecule has 1 amide bonds. The predicted octanol–water partition coefficient (Wildman–Crippen LogP) is 4.87. The fourth-order valence-corrected chi connectivity index (χ4v) is 3.08. The number of ether oxygens (including phenoxy) is 2. The van der Waals surface area contributed by atoms with Crippen LogP contribution in [-0.4, -0.2) is 18.7 Å². The minimum Gasteiger partial charge on any atom is -0.489 e. The van der Waals surface area contributed by atoms with Gasteiger partial charge in [-0.25, -0.2) is 5.43 Å². The molecule has 0 atom stereocenters. The van der Waals surface area contributed by atoms with Crippen molar-refractivity contribution < 1.29 is 14.3 Å². The number of nitrogens with zero attached hydrogens (tertiary/aromatic N) is 1. The van der Waals surface area contributed by atoms with Crippen LogP contribution in [-0.2, 0) is 11.4 Å². The molecule has 0 bridgehead atoms. The number of halogens is 1. The van der Waals surface area contributed by atoms with Crippen molar-refractivity contribution in [2.75, 3.05) is 6.61 Å². The SMILES string of the molecule is Cc1ccc(OCC(=O)NN=Cc2ccc(OCc3ccccc3)cc2)c(Br)c1. The van der Waals surface area contributed by atoms with Crippen LogP contribution in [0.5, 0.6) is 11.5 Å². The third kappa shape index (κ3) is 6.76. The van der Waals surface area contributed by atoms with Crippen LogP contribution >= 0.6 is 15.9 Å². The van der Waals surface area contributed by atoms with Gasteiger partial charge in [0.15, 0.2) is 6.61 Å². The van der Waals surface area contributed by atoms with Crippen LogP contribution in [0.15, 0.2) is 82.4 Å². The first-order valence-corrected chi connectivity index (χ1v) is 9.87. The Balaban J connectivity index is 1.43. The Morgan fingerprint density at radius 1 is 1.03 bits per heavy atom. The molecule has 0 saturated carbocycles. The van der Waals surface area contributed by atoms with Crippen molar-refractivity contribution >= 4 is 28.1 Å². The van der Waals surface area contributed by atoms with Crippen LogP contribution in [0.3, 0.4) is 0 Å². The predicted molar refractivity (Wildman–Crippen MR) is 117 cm³/mol. The summed E-state index contributed by atoms with van der Waals surface area (Å²) in [4.78, 5) is 11.9. The molecule has 6 heteroatoms. The summed E-state index contributed by atoms with van der Waals surface area (Å²) in [6.07, 6.45) is 1.57. The summed E-state index contributed by atoms with van der Waals surface area (Å²) in [5.74, 6) is 1.05. The summed E-state index contributed by atoms with van der Waals surface area (Å²) in [5, 5.41) is 3.96. The number of benzene rings is 3. The molecule has 0 unspecified atom stereocenters. The summed E-state index contributed by atoms with van der Waals surface area (Å²) in [6, 6.07) is 23.1. The quantitative estimate of drug-likeness (QED) is 0.391. The van der Waals surface area contributed by atoms with Gasteiger partial charge in [-0.05, 0) is 75.9 Å². The lowest BCUT2D eigenvalue weighted by atomic mass is 10.2. The fraction of sp³-hybridized carbons (Fsp3) is 0.130. The van der Waals surface area contributed by atoms with Crippen LogP contribution in [0.1, 0.15) is 16.7 Å². The zero-order valence-electron chi connectivity index (χ0n) is 16.0. The first kappa shape index (κ1) is 20.6. The standard InChI is InChI=1S/C23H21BrN2O3/c1-17-7-12-22(21(24)13-17)29-16-23(27)26-25-14-18-8-10-20(11-9-18)28-15-19-5-3-2-4-6-19/h2-14H,15-16H2,1H3,(H,26,27). The number of hydrazone groups is 1. The van der Waals surface area contributed by atoms with E-state index in [1.807, 2.05) is 79.7 Å². The molecule has 0 saturated heterocycles. The fourth-order valence-electron chi connectivity index (χ4n) is 2.47. The summed E-state index contributed by atoms with van der Waals surface area (Å²) in [6.45, 7) is 2.38. The Hall–Kier alpha value is -3.12. The van der Waals surface area contributed by atoms with E-state index in [-0.39, 0.29) is 12.5 Å². The van der Waals surface area contributed by atoms with E-state index < -0.39 is 0 Å². The summed E-state index contributed by atoms with van der Waals surface area (Å²) < 4.78 is 12.0. The van der Waals surface area contributed by atoms with Crippen molar-refractivity contribution in [2.45, 2.75) is 13.5 Å². The van der Waals surface area contributed by atoms with E-state index in [1.54, 1.807) is 6.21 Å². The summed E-state index contributed by atoms with van der Waals surface area (Å²) in [5.41, 5.74) is 5.52. The molecule has 0 aromatic heterocycles. The van der Waals surface area contributed by atoms with Gasteiger partial charge >= 0.3 is 0 Å². The zero-order chi connectivity index (χ0) is 20.5. The number of amides is 1. The van der Waals surface area contributed by atoms with Crippen LogP contribution < -0.4 is 14.9 Å². The highest BCUT2D eigenvalue weighted by atomic mass is 79.9. The van der Waals surface area contributed by atoms with Gasteiger partial charge in [-0.15, -0.1) is 0 Å². The zero-order valence-corrected chi connectivity index (χ0v) is 17.6. The largest absolute Gasteiger partial charge is 0.489 e. The highest BCUT2D eigenvalue weighted by molar-refractivity contribution is 9.10. The smallest absolute Gasteiger partial charge is 0.277 e. The number of aryl methyl sites for hydroxylation is 1. The second kappa shape index (κ2) is 10.4. The molecule has 1 N–H and O–H groups in total. The maximum Gasteiger partial charge on any atom is 0.277 e. The molecular weight excluding hydrogens is 432 g/mol. The molecule has 0 aliphatic rings. The van der Waals surface area contributed by atoms with Gasteiger partial charge in [0, 0.05) is 0 Å². The molecule has 3 rings (SSSR count). The Labute approximate surface area is 178 Å². The van der Waals surface area contributed by atoms with Crippen molar-refractivity contribution in [3.05, 3.63) is 94.0 Å². The molecule has 0 radical (unpaired) electrons. The van der Waals surface area contributed by atoms with E-state index in [0.717, 1.165) is 26.9 Å². The van der Waals surface area contributed by atoms with Crippen molar-refractivity contribution in [2.24, 2.45) is 5.10 Å². The van der Waals surface area contributed by atoms with Crippen molar-refractivity contribution in [1.29, 1.82) is 0 Å². The molecule has 3 aromatic rings.